The van der Waals surface area contributed by atoms with Gasteiger partial charge in [-0.3, -0.25) is 20.4 Å². The normalized spacial score (nSPS) is 10.5. The minimum absolute atomic E-state index is 0.193. The van der Waals surface area contributed by atoms with E-state index in [4.69, 9.17) is 16.3 Å². The Balaban J connectivity index is 1.76. The van der Waals surface area contributed by atoms with Gasteiger partial charge in [0.2, 0.25) is 0 Å². The second-order valence-corrected chi connectivity index (χ2v) is 5.97. The van der Waals surface area contributed by atoms with Crippen LogP contribution in [0.25, 0.3) is 6.08 Å². The van der Waals surface area contributed by atoms with Crippen molar-refractivity contribution in [2.75, 3.05) is 6.61 Å². The van der Waals surface area contributed by atoms with Gasteiger partial charge in [-0.2, -0.15) is 0 Å². The van der Waals surface area contributed by atoms with E-state index < -0.39 is 11.8 Å². The maximum Gasteiger partial charge on any atom is 0.276 e. The standard InChI is InChI=1S/C19H19ClN2O3/c1-13-8-14(2)10-17(9-13)25-12-19(24)22-21-18(23)7-6-15-4-3-5-16(20)11-15/h3-11H,12H2,1-2H3,(H,21,23)(H,22,24)/b7-6+. The predicted molar refractivity (Wildman–Crippen MR) is 98.2 cm³/mol. The molecule has 2 N–H and O–H groups in total. The number of nitrogens with one attached hydrogen (secondary N) is 2. The largest absolute Gasteiger partial charge is 0.484 e. The molecular weight excluding hydrogens is 340 g/mol. The van der Waals surface area contributed by atoms with Crippen LogP contribution in [0.3, 0.4) is 0 Å². The summed E-state index contributed by atoms with van der Waals surface area (Å²) in [6.45, 7) is 3.71. The minimum Gasteiger partial charge on any atom is -0.484 e. The van der Waals surface area contributed by atoms with Gasteiger partial charge in [0.1, 0.15) is 5.75 Å². The molecule has 0 saturated carbocycles. The summed E-state index contributed by atoms with van der Waals surface area (Å²) in [6.07, 6.45) is 2.90. The van der Waals surface area contributed by atoms with Gasteiger partial charge < -0.3 is 4.74 Å². The predicted octanol–water partition coefficient (Wildman–Crippen LogP) is 3.20. The third kappa shape index (κ3) is 6.69. The first-order valence-corrected chi connectivity index (χ1v) is 8.04. The average molecular weight is 359 g/mol. The highest BCUT2D eigenvalue weighted by atomic mass is 35.5. The van der Waals surface area contributed by atoms with Crippen molar-refractivity contribution in [3.05, 3.63) is 70.3 Å². The fourth-order valence-corrected chi connectivity index (χ4v) is 2.36. The van der Waals surface area contributed by atoms with Crippen LogP contribution in [0, 0.1) is 13.8 Å². The number of benzene rings is 2. The van der Waals surface area contributed by atoms with E-state index >= 15 is 0 Å². The number of hydrogen-bond donors (Lipinski definition) is 2. The summed E-state index contributed by atoms with van der Waals surface area (Å²) >= 11 is 5.86. The van der Waals surface area contributed by atoms with Crippen LogP contribution in [0.5, 0.6) is 5.75 Å². The summed E-state index contributed by atoms with van der Waals surface area (Å²) in [7, 11) is 0. The first kappa shape index (κ1) is 18.5. The van der Waals surface area contributed by atoms with Crippen LogP contribution in [0.15, 0.2) is 48.5 Å². The quantitative estimate of drug-likeness (QED) is 0.637. The Kier molecular flexibility index (Phi) is 6.60. The molecule has 2 rings (SSSR count). The van der Waals surface area contributed by atoms with Gasteiger partial charge >= 0.3 is 0 Å². The molecule has 0 aromatic heterocycles. The molecule has 0 aliphatic carbocycles. The lowest BCUT2D eigenvalue weighted by atomic mass is 10.1. The smallest absolute Gasteiger partial charge is 0.276 e. The lowest BCUT2D eigenvalue weighted by Gasteiger charge is -2.09. The second-order valence-electron chi connectivity index (χ2n) is 5.54. The highest BCUT2D eigenvalue weighted by molar-refractivity contribution is 6.30. The number of hydrazine groups is 1. The van der Waals surface area contributed by atoms with Gasteiger partial charge in [0.05, 0.1) is 0 Å². The van der Waals surface area contributed by atoms with Crippen molar-refractivity contribution in [3.63, 3.8) is 0 Å². The molecule has 6 heteroatoms. The zero-order valence-corrected chi connectivity index (χ0v) is 14.8. The molecule has 0 aliphatic rings. The zero-order valence-electron chi connectivity index (χ0n) is 14.0. The van der Waals surface area contributed by atoms with Gasteiger partial charge in [0.15, 0.2) is 6.61 Å². The Morgan fingerprint density at radius 2 is 1.80 bits per heavy atom. The van der Waals surface area contributed by atoms with E-state index in [2.05, 4.69) is 10.9 Å². The number of amides is 2. The van der Waals surface area contributed by atoms with Gasteiger partial charge in [-0.25, -0.2) is 0 Å². The van der Waals surface area contributed by atoms with Crippen LogP contribution in [0.4, 0.5) is 0 Å². The summed E-state index contributed by atoms with van der Waals surface area (Å²) in [4.78, 5) is 23.4. The van der Waals surface area contributed by atoms with Crippen LogP contribution < -0.4 is 15.6 Å². The summed E-state index contributed by atoms with van der Waals surface area (Å²) in [5.74, 6) is -0.303. The van der Waals surface area contributed by atoms with Crippen molar-refractivity contribution in [2.45, 2.75) is 13.8 Å². The highest BCUT2D eigenvalue weighted by Gasteiger charge is 2.04. The Morgan fingerprint density at radius 3 is 2.48 bits per heavy atom. The summed E-state index contributed by atoms with van der Waals surface area (Å²) < 4.78 is 5.41. The number of halogens is 1. The van der Waals surface area contributed by atoms with E-state index in [1.54, 1.807) is 24.3 Å². The van der Waals surface area contributed by atoms with Gasteiger partial charge in [0.25, 0.3) is 11.8 Å². The van der Waals surface area contributed by atoms with E-state index in [0.29, 0.717) is 10.8 Å². The molecule has 0 bridgehead atoms. The lowest BCUT2D eigenvalue weighted by Crippen LogP contribution is -2.43. The van der Waals surface area contributed by atoms with Crippen LogP contribution in [-0.2, 0) is 9.59 Å². The number of carbonyl (C=O) groups is 2. The van der Waals surface area contributed by atoms with Crippen LogP contribution in [-0.4, -0.2) is 18.4 Å². The van der Waals surface area contributed by atoms with Gasteiger partial charge in [-0.15, -0.1) is 0 Å². The van der Waals surface area contributed by atoms with Crippen molar-refractivity contribution >= 4 is 29.5 Å². The molecule has 130 valence electrons. The topological polar surface area (TPSA) is 67.4 Å². The Morgan fingerprint density at radius 1 is 1.08 bits per heavy atom. The second kappa shape index (κ2) is 8.89. The van der Waals surface area contributed by atoms with Crippen LogP contribution in [0.1, 0.15) is 16.7 Å². The molecule has 25 heavy (non-hydrogen) atoms. The van der Waals surface area contributed by atoms with E-state index in [9.17, 15) is 9.59 Å². The fourth-order valence-electron chi connectivity index (χ4n) is 2.16. The molecule has 0 spiro atoms. The van der Waals surface area contributed by atoms with Crippen molar-refractivity contribution in [2.24, 2.45) is 0 Å². The minimum atomic E-state index is -0.459. The van der Waals surface area contributed by atoms with E-state index in [1.165, 1.54) is 6.08 Å². The van der Waals surface area contributed by atoms with E-state index in [-0.39, 0.29) is 6.61 Å². The molecule has 2 amide bonds. The van der Waals surface area contributed by atoms with Crippen LogP contribution >= 0.6 is 11.6 Å². The molecule has 2 aromatic carbocycles. The number of carbonyl (C=O) groups excluding carboxylic acids is 2. The Hall–Kier alpha value is -2.79. The monoisotopic (exact) mass is 358 g/mol. The molecule has 5 nitrogen and oxygen atoms in total. The first-order valence-electron chi connectivity index (χ1n) is 7.66. The van der Waals surface area contributed by atoms with Crippen molar-refractivity contribution in [3.8, 4) is 5.75 Å². The number of rotatable bonds is 5. The average Bonchev–Trinajstić information content (AvgIpc) is 2.55. The summed E-state index contributed by atoms with van der Waals surface area (Å²) in [5.41, 5.74) is 7.46. The first-order chi connectivity index (χ1) is 11.9. The molecule has 0 unspecified atom stereocenters. The van der Waals surface area contributed by atoms with Crippen molar-refractivity contribution < 1.29 is 14.3 Å². The molecule has 0 radical (unpaired) electrons. The van der Waals surface area contributed by atoms with Crippen molar-refractivity contribution in [1.82, 2.24) is 10.9 Å². The van der Waals surface area contributed by atoms with Gasteiger partial charge in [-0.1, -0.05) is 29.8 Å². The maximum absolute atomic E-state index is 11.7. The summed E-state index contributed by atoms with van der Waals surface area (Å²) in [5, 5.41) is 0.583. The SMILES string of the molecule is Cc1cc(C)cc(OCC(=O)NNC(=O)/C=C/c2cccc(Cl)c2)c1. The Labute approximate surface area is 151 Å². The molecular formula is C19H19ClN2O3. The van der Waals surface area contributed by atoms with E-state index in [1.807, 2.05) is 38.1 Å². The Bertz CT molecular complexity index is 783. The highest BCUT2D eigenvalue weighted by Crippen LogP contribution is 2.15. The van der Waals surface area contributed by atoms with Crippen molar-refractivity contribution in [1.29, 1.82) is 0 Å². The molecule has 0 fully saturated rings. The molecule has 0 atom stereocenters. The van der Waals surface area contributed by atoms with Crippen LogP contribution in [0.2, 0.25) is 5.02 Å². The van der Waals surface area contributed by atoms with Gasteiger partial charge in [0, 0.05) is 11.1 Å². The number of hydrogen-bond acceptors (Lipinski definition) is 3. The third-order valence-electron chi connectivity index (χ3n) is 3.17. The third-order valence-corrected chi connectivity index (χ3v) is 3.40. The molecule has 0 saturated heterocycles. The molecule has 0 heterocycles. The van der Waals surface area contributed by atoms with E-state index in [0.717, 1.165) is 16.7 Å². The zero-order chi connectivity index (χ0) is 18.2. The van der Waals surface area contributed by atoms with Gasteiger partial charge in [-0.05, 0) is 60.9 Å². The fraction of sp³-hybridized carbons (Fsp3) is 0.158. The maximum atomic E-state index is 11.7. The molecule has 2 aromatic rings. The molecule has 0 aliphatic heterocycles. The number of aryl methyl sites for hydroxylation is 2. The summed E-state index contributed by atoms with van der Waals surface area (Å²) in [6, 6.07) is 12.8. The number of ether oxygens (including phenoxy) is 1. The lowest BCUT2D eigenvalue weighted by molar-refractivity contribution is -0.128.